The first-order valence-electron chi connectivity index (χ1n) is 10.4. The largest absolute Gasteiger partial charge is 0.325 e. The number of nitro groups is 1. The summed E-state index contributed by atoms with van der Waals surface area (Å²) < 4.78 is 15.4. The van der Waals surface area contributed by atoms with E-state index in [-0.39, 0.29) is 11.3 Å². The smallest absolute Gasteiger partial charge is 0.319 e. The Labute approximate surface area is 193 Å². The number of halogens is 1. The number of hydrogen-bond donors (Lipinski definition) is 1. The molecule has 3 amide bonds. The van der Waals surface area contributed by atoms with Crippen molar-refractivity contribution in [3.05, 3.63) is 93.0 Å². The van der Waals surface area contributed by atoms with E-state index in [0.717, 1.165) is 4.90 Å². The number of imide groups is 1. The van der Waals surface area contributed by atoms with Crippen molar-refractivity contribution in [2.45, 2.75) is 26.3 Å². The van der Waals surface area contributed by atoms with Crippen LogP contribution in [0.1, 0.15) is 34.2 Å². The maximum Gasteiger partial charge on any atom is 0.325 e. The van der Waals surface area contributed by atoms with E-state index in [1.807, 2.05) is 0 Å². The molecule has 0 aliphatic carbocycles. The number of nitrogens with zero attached hydrogens (tertiary/aromatic N) is 3. The summed E-state index contributed by atoms with van der Waals surface area (Å²) >= 11 is 0. The van der Waals surface area contributed by atoms with Gasteiger partial charge < -0.3 is 9.88 Å². The predicted octanol–water partition coefficient (Wildman–Crippen LogP) is 3.79. The fourth-order valence-corrected chi connectivity index (χ4v) is 4.25. The second kappa shape index (κ2) is 8.22. The standard InChI is InChI=1S/C24H21FN4O5/c1-14-10-20(15(2)28(14)18-8-5-7-17(25)12-18)21(30)13-27-22(31)24(3,26-23(27)32)16-6-4-9-19(11-16)29(33)34/h4-12H,13H2,1-3H3,(H,26,32). The predicted molar refractivity (Wildman–Crippen MR) is 120 cm³/mol. The number of nitrogens with one attached hydrogen (secondary N) is 1. The van der Waals surface area contributed by atoms with Crippen LogP contribution in [-0.4, -0.2) is 38.7 Å². The molecule has 1 saturated heterocycles. The second-order valence-corrected chi connectivity index (χ2v) is 8.28. The average molecular weight is 464 g/mol. The summed E-state index contributed by atoms with van der Waals surface area (Å²) in [7, 11) is 0. The van der Waals surface area contributed by atoms with Crippen LogP contribution in [0, 0.1) is 29.8 Å². The molecule has 1 aliphatic rings. The van der Waals surface area contributed by atoms with E-state index in [1.165, 1.54) is 43.3 Å². The number of non-ortho nitro benzene ring substituents is 1. The molecule has 1 N–H and O–H groups in total. The number of aryl methyl sites for hydroxylation is 1. The van der Waals surface area contributed by atoms with Crippen molar-refractivity contribution in [2.24, 2.45) is 0 Å². The molecule has 0 spiro atoms. The lowest BCUT2D eigenvalue weighted by molar-refractivity contribution is -0.385. The lowest BCUT2D eigenvalue weighted by Crippen LogP contribution is -2.41. The van der Waals surface area contributed by atoms with Gasteiger partial charge >= 0.3 is 6.03 Å². The molecule has 1 unspecified atom stereocenters. The van der Waals surface area contributed by atoms with Gasteiger partial charge in [0, 0.05) is 34.8 Å². The molecule has 34 heavy (non-hydrogen) atoms. The van der Waals surface area contributed by atoms with Crippen molar-refractivity contribution in [1.29, 1.82) is 0 Å². The molecular formula is C24H21FN4O5. The van der Waals surface area contributed by atoms with E-state index in [9.17, 15) is 28.9 Å². The number of Topliss-reactive ketones (excluding diaryl/α,β-unsaturated/α-hetero) is 1. The van der Waals surface area contributed by atoms with Crippen LogP contribution < -0.4 is 5.32 Å². The van der Waals surface area contributed by atoms with Crippen LogP contribution in [0.4, 0.5) is 14.9 Å². The molecule has 0 saturated carbocycles. The van der Waals surface area contributed by atoms with E-state index < -0.39 is 40.5 Å². The van der Waals surface area contributed by atoms with Crippen molar-refractivity contribution >= 4 is 23.4 Å². The molecule has 3 aromatic rings. The van der Waals surface area contributed by atoms with Gasteiger partial charge in [0.15, 0.2) is 5.78 Å². The quantitative estimate of drug-likeness (QED) is 0.258. The third-order valence-corrected chi connectivity index (χ3v) is 6.01. The molecular weight excluding hydrogens is 443 g/mol. The first kappa shape index (κ1) is 22.8. The first-order valence-corrected chi connectivity index (χ1v) is 10.4. The number of hydrogen-bond acceptors (Lipinski definition) is 5. The Bertz CT molecular complexity index is 1370. The zero-order valence-corrected chi connectivity index (χ0v) is 18.7. The Hall–Kier alpha value is -4.34. The molecule has 0 bridgehead atoms. The van der Waals surface area contributed by atoms with Crippen molar-refractivity contribution in [3.8, 4) is 5.69 Å². The second-order valence-electron chi connectivity index (χ2n) is 8.28. The van der Waals surface area contributed by atoms with Crippen LogP contribution in [-0.2, 0) is 10.3 Å². The van der Waals surface area contributed by atoms with Crippen molar-refractivity contribution in [3.63, 3.8) is 0 Å². The van der Waals surface area contributed by atoms with Crippen molar-refractivity contribution in [1.82, 2.24) is 14.8 Å². The highest BCUT2D eigenvalue weighted by Crippen LogP contribution is 2.31. The van der Waals surface area contributed by atoms with Crippen LogP contribution in [0.5, 0.6) is 0 Å². The highest BCUT2D eigenvalue weighted by Gasteiger charge is 2.50. The molecule has 4 rings (SSSR count). The van der Waals surface area contributed by atoms with Gasteiger partial charge in [0.2, 0.25) is 0 Å². The molecule has 2 aromatic carbocycles. The normalized spacial score (nSPS) is 17.7. The number of amides is 3. The van der Waals surface area contributed by atoms with Crippen LogP contribution in [0.25, 0.3) is 5.69 Å². The van der Waals surface area contributed by atoms with Gasteiger partial charge in [-0.25, -0.2) is 9.18 Å². The van der Waals surface area contributed by atoms with Crippen molar-refractivity contribution < 1.29 is 23.7 Å². The Kier molecular flexibility index (Phi) is 5.52. The van der Waals surface area contributed by atoms with Gasteiger partial charge in [-0.3, -0.25) is 24.6 Å². The summed E-state index contributed by atoms with van der Waals surface area (Å²) in [6.45, 7) is 4.39. The van der Waals surface area contributed by atoms with Gasteiger partial charge in [-0.2, -0.15) is 0 Å². The van der Waals surface area contributed by atoms with Crippen LogP contribution in [0.2, 0.25) is 0 Å². The highest BCUT2D eigenvalue weighted by molar-refractivity contribution is 6.11. The minimum absolute atomic E-state index is 0.222. The van der Waals surface area contributed by atoms with Gasteiger partial charge in [0.1, 0.15) is 11.4 Å². The van der Waals surface area contributed by atoms with Gasteiger partial charge in [-0.05, 0) is 50.6 Å². The summed E-state index contributed by atoms with van der Waals surface area (Å²) in [4.78, 5) is 50.3. The number of carbonyl (C=O) groups excluding carboxylic acids is 3. The molecule has 1 atom stereocenters. The molecule has 1 fully saturated rings. The van der Waals surface area contributed by atoms with Crippen molar-refractivity contribution in [2.75, 3.05) is 6.54 Å². The minimum Gasteiger partial charge on any atom is -0.319 e. The number of aromatic nitrogens is 1. The fourth-order valence-electron chi connectivity index (χ4n) is 4.25. The van der Waals surface area contributed by atoms with E-state index in [0.29, 0.717) is 22.6 Å². The molecule has 0 radical (unpaired) electrons. The number of carbonyl (C=O) groups is 3. The molecule has 174 valence electrons. The Morgan fingerprint density at radius 3 is 2.50 bits per heavy atom. The summed E-state index contributed by atoms with van der Waals surface area (Å²) in [5.74, 6) is -1.58. The molecule has 10 heteroatoms. The lowest BCUT2D eigenvalue weighted by atomic mass is 9.91. The number of benzene rings is 2. The van der Waals surface area contributed by atoms with E-state index in [1.54, 1.807) is 36.6 Å². The SMILES string of the molecule is Cc1cc(C(=O)CN2C(=O)NC(C)(c3cccc([N+](=O)[O-])c3)C2=O)c(C)n1-c1cccc(F)c1. The van der Waals surface area contributed by atoms with Gasteiger partial charge in [-0.15, -0.1) is 0 Å². The molecule has 1 aliphatic heterocycles. The number of nitro benzene ring substituents is 1. The Morgan fingerprint density at radius 2 is 1.82 bits per heavy atom. The Morgan fingerprint density at radius 1 is 1.12 bits per heavy atom. The number of rotatable bonds is 6. The van der Waals surface area contributed by atoms with E-state index >= 15 is 0 Å². The zero-order valence-electron chi connectivity index (χ0n) is 18.7. The summed E-state index contributed by atoms with van der Waals surface area (Å²) in [6.07, 6.45) is 0. The van der Waals surface area contributed by atoms with Gasteiger partial charge in [0.25, 0.3) is 11.6 Å². The van der Waals surface area contributed by atoms with Gasteiger partial charge in [-0.1, -0.05) is 18.2 Å². The number of ketones is 1. The average Bonchev–Trinajstić information content (AvgIpc) is 3.21. The highest BCUT2D eigenvalue weighted by atomic mass is 19.1. The zero-order chi connectivity index (χ0) is 24.8. The van der Waals surface area contributed by atoms with E-state index in [4.69, 9.17) is 0 Å². The summed E-state index contributed by atoms with van der Waals surface area (Å²) in [5, 5.41) is 13.7. The third kappa shape index (κ3) is 3.72. The lowest BCUT2D eigenvalue weighted by Gasteiger charge is -2.22. The fraction of sp³-hybridized carbons (Fsp3) is 0.208. The maximum absolute atomic E-state index is 13.7. The summed E-state index contributed by atoms with van der Waals surface area (Å²) in [6, 6.07) is 12.2. The maximum atomic E-state index is 13.7. The molecule has 1 aromatic heterocycles. The number of urea groups is 1. The van der Waals surface area contributed by atoms with Gasteiger partial charge in [0.05, 0.1) is 11.5 Å². The first-order chi connectivity index (χ1) is 16.0. The minimum atomic E-state index is -1.55. The summed E-state index contributed by atoms with van der Waals surface area (Å²) in [5.41, 5.74) is 0.529. The topological polar surface area (TPSA) is 115 Å². The monoisotopic (exact) mass is 464 g/mol. The van der Waals surface area contributed by atoms with Crippen LogP contribution >= 0.6 is 0 Å². The Balaban J connectivity index is 1.62. The third-order valence-electron chi connectivity index (χ3n) is 6.01. The van der Waals surface area contributed by atoms with E-state index in [2.05, 4.69) is 5.32 Å². The van der Waals surface area contributed by atoms with Crippen LogP contribution in [0.15, 0.2) is 54.6 Å². The van der Waals surface area contributed by atoms with Crippen LogP contribution in [0.3, 0.4) is 0 Å². The molecule has 2 heterocycles. The molecule has 9 nitrogen and oxygen atoms in total.